The number of hydrogen-bond donors (Lipinski definition) is 0. The molecule has 1 aromatic heterocycles. The Bertz CT molecular complexity index is 1470. The summed E-state index contributed by atoms with van der Waals surface area (Å²) in [4.78, 5) is 45.8. The number of amides is 3. The number of anilines is 1. The zero-order chi connectivity index (χ0) is 28.7. The third kappa shape index (κ3) is 5.24. The van der Waals surface area contributed by atoms with Gasteiger partial charge in [0.05, 0.1) is 34.9 Å². The summed E-state index contributed by atoms with van der Waals surface area (Å²) in [5, 5.41) is 8.25. The number of carbonyl (C=O) groups excluding carboxylic acids is 3. The van der Waals surface area contributed by atoms with Crippen LogP contribution in [-0.2, 0) is 16.1 Å². The van der Waals surface area contributed by atoms with Crippen molar-refractivity contribution in [3.63, 3.8) is 0 Å². The molecule has 0 unspecified atom stereocenters. The molecule has 6 rings (SSSR count). The Morgan fingerprint density at radius 1 is 1.05 bits per heavy atom. The van der Waals surface area contributed by atoms with Gasteiger partial charge in [0.15, 0.2) is 0 Å². The number of aromatic nitrogens is 2. The van der Waals surface area contributed by atoms with Gasteiger partial charge in [0, 0.05) is 38.3 Å². The van der Waals surface area contributed by atoms with Crippen LogP contribution in [-0.4, -0.2) is 76.1 Å². The van der Waals surface area contributed by atoms with E-state index >= 15 is 0 Å². The summed E-state index contributed by atoms with van der Waals surface area (Å²) in [6.45, 7) is 5.87. The molecule has 2 fully saturated rings. The number of fused-ring (bicyclic) bond motifs is 1. The Labute approximate surface area is 239 Å². The number of rotatable bonds is 6. The van der Waals surface area contributed by atoms with Crippen LogP contribution in [0, 0.1) is 5.92 Å². The molecule has 0 N–H and O–H groups in total. The largest absolute Gasteiger partial charge is 0.419 e. The molecule has 10 heteroatoms. The molecular formula is C31H35N5O5. The van der Waals surface area contributed by atoms with Crippen LogP contribution in [0.3, 0.4) is 0 Å². The Morgan fingerprint density at radius 2 is 1.85 bits per heavy atom. The monoisotopic (exact) mass is 557 g/mol. The quantitative estimate of drug-likeness (QED) is 0.416. The number of hydrogen-bond acceptors (Lipinski definition) is 8. The standard InChI is InChI=1S/C31H35N5O5/c1-31(2)17-22(14-16-40-31)36-29(38)23-12-7-13-24(26(23)30(36)39)35-15-8-11-21(18-35)28(37)34(3)19-25-32-33-27(41-25)20-9-5-4-6-10-20/h4-7,9-10,12-13,21-22H,8,11,14-19H2,1-3H3/t21-,22-/m0/s1. The third-order valence-corrected chi connectivity index (χ3v) is 8.31. The molecule has 3 aliphatic rings. The minimum absolute atomic E-state index is 0.0183. The van der Waals surface area contributed by atoms with E-state index in [1.807, 2.05) is 56.3 Å². The molecule has 0 aliphatic carbocycles. The molecule has 2 aromatic carbocycles. The van der Waals surface area contributed by atoms with Crippen LogP contribution in [0.15, 0.2) is 52.9 Å². The number of imide groups is 1. The maximum absolute atomic E-state index is 13.8. The van der Waals surface area contributed by atoms with Gasteiger partial charge in [-0.05, 0) is 63.8 Å². The first kappa shape index (κ1) is 27.1. The highest BCUT2D eigenvalue weighted by atomic mass is 16.5. The first-order valence-electron chi connectivity index (χ1n) is 14.2. The van der Waals surface area contributed by atoms with E-state index in [1.165, 1.54) is 4.90 Å². The number of piperidine rings is 1. The van der Waals surface area contributed by atoms with Gasteiger partial charge in [-0.3, -0.25) is 19.3 Å². The summed E-state index contributed by atoms with van der Waals surface area (Å²) in [6.07, 6.45) is 2.77. The van der Waals surface area contributed by atoms with E-state index < -0.39 is 5.60 Å². The molecule has 3 amide bonds. The van der Waals surface area contributed by atoms with E-state index in [0.29, 0.717) is 55.4 Å². The molecule has 41 heavy (non-hydrogen) atoms. The number of benzene rings is 2. The van der Waals surface area contributed by atoms with Crippen LogP contribution in [0.25, 0.3) is 11.5 Å². The van der Waals surface area contributed by atoms with Crippen molar-refractivity contribution in [2.24, 2.45) is 5.92 Å². The lowest BCUT2D eigenvalue weighted by Gasteiger charge is -2.39. The van der Waals surface area contributed by atoms with Crippen LogP contribution in [0.2, 0.25) is 0 Å². The van der Waals surface area contributed by atoms with E-state index in [2.05, 4.69) is 15.1 Å². The highest BCUT2D eigenvalue weighted by molar-refractivity contribution is 6.24. The predicted octanol–water partition coefficient (Wildman–Crippen LogP) is 4.17. The fourth-order valence-corrected chi connectivity index (χ4v) is 6.31. The first-order chi connectivity index (χ1) is 19.7. The zero-order valence-electron chi connectivity index (χ0n) is 23.7. The minimum atomic E-state index is -0.391. The average Bonchev–Trinajstić information content (AvgIpc) is 3.54. The Morgan fingerprint density at radius 3 is 2.63 bits per heavy atom. The maximum atomic E-state index is 13.8. The van der Waals surface area contributed by atoms with E-state index in [-0.39, 0.29) is 36.2 Å². The van der Waals surface area contributed by atoms with Crippen LogP contribution in [0.4, 0.5) is 5.69 Å². The van der Waals surface area contributed by atoms with Gasteiger partial charge in [0.25, 0.3) is 11.8 Å². The third-order valence-electron chi connectivity index (χ3n) is 8.31. The van der Waals surface area contributed by atoms with Crippen LogP contribution in [0.5, 0.6) is 0 Å². The van der Waals surface area contributed by atoms with Crippen LogP contribution in [0.1, 0.15) is 66.1 Å². The molecule has 0 saturated carbocycles. The molecule has 4 heterocycles. The molecule has 0 bridgehead atoms. The summed E-state index contributed by atoms with van der Waals surface area (Å²) >= 11 is 0. The van der Waals surface area contributed by atoms with Crippen molar-refractivity contribution in [1.82, 2.24) is 20.0 Å². The summed E-state index contributed by atoms with van der Waals surface area (Å²) in [5.74, 6) is 0.0123. The fourth-order valence-electron chi connectivity index (χ4n) is 6.31. The van der Waals surface area contributed by atoms with Crippen molar-refractivity contribution >= 4 is 23.4 Å². The van der Waals surface area contributed by atoms with Crippen molar-refractivity contribution in [3.8, 4) is 11.5 Å². The molecular weight excluding hydrogens is 522 g/mol. The van der Waals surface area contributed by atoms with Crippen molar-refractivity contribution < 1.29 is 23.5 Å². The molecule has 2 atom stereocenters. The number of ether oxygens (including phenoxy) is 1. The Hall–Kier alpha value is -4.05. The second-order valence-electron chi connectivity index (χ2n) is 11.8. The summed E-state index contributed by atoms with van der Waals surface area (Å²) < 4.78 is 11.6. The summed E-state index contributed by atoms with van der Waals surface area (Å²) in [7, 11) is 1.74. The first-order valence-corrected chi connectivity index (χ1v) is 14.2. The minimum Gasteiger partial charge on any atom is -0.419 e. The normalized spacial score (nSPS) is 22.1. The maximum Gasteiger partial charge on any atom is 0.263 e. The van der Waals surface area contributed by atoms with Gasteiger partial charge in [0.2, 0.25) is 17.7 Å². The van der Waals surface area contributed by atoms with Gasteiger partial charge in [0.1, 0.15) is 0 Å². The van der Waals surface area contributed by atoms with Crippen molar-refractivity contribution in [3.05, 3.63) is 65.5 Å². The number of nitrogens with zero attached hydrogens (tertiary/aromatic N) is 5. The van der Waals surface area contributed by atoms with E-state index in [1.54, 1.807) is 18.0 Å². The smallest absolute Gasteiger partial charge is 0.263 e. The predicted molar refractivity (Wildman–Crippen MR) is 151 cm³/mol. The van der Waals surface area contributed by atoms with Gasteiger partial charge < -0.3 is 19.0 Å². The van der Waals surface area contributed by atoms with Gasteiger partial charge >= 0.3 is 0 Å². The van der Waals surface area contributed by atoms with E-state index in [4.69, 9.17) is 9.15 Å². The van der Waals surface area contributed by atoms with E-state index in [9.17, 15) is 14.4 Å². The second-order valence-corrected chi connectivity index (χ2v) is 11.8. The topological polar surface area (TPSA) is 109 Å². The number of carbonyl (C=O) groups is 3. The lowest BCUT2D eigenvalue weighted by Crippen LogP contribution is -2.48. The SMILES string of the molecule is CN(Cc1nnc(-c2ccccc2)o1)C(=O)[C@H]1CCCN(c2cccc3c2C(=O)N([C@H]2CCOC(C)(C)C2)C3=O)C1. The van der Waals surface area contributed by atoms with E-state index in [0.717, 1.165) is 24.1 Å². The summed E-state index contributed by atoms with van der Waals surface area (Å²) in [6, 6.07) is 14.8. The zero-order valence-corrected chi connectivity index (χ0v) is 23.7. The average molecular weight is 558 g/mol. The molecule has 214 valence electrons. The Kier molecular flexibility index (Phi) is 7.11. The van der Waals surface area contributed by atoms with Gasteiger partial charge in [-0.15, -0.1) is 10.2 Å². The van der Waals surface area contributed by atoms with Gasteiger partial charge in [-0.25, -0.2) is 0 Å². The van der Waals surface area contributed by atoms with Crippen LogP contribution >= 0.6 is 0 Å². The molecule has 3 aliphatic heterocycles. The van der Waals surface area contributed by atoms with Crippen molar-refractivity contribution in [1.29, 1.82) is 0 Å². The lowest BCUT2D eigenvalue weighted by molar-refractivity contribution is -0.135. The lowest BCUT2D eigenvalue weighted by atomic mass is 9.93. The molecule has 0 spiro atoms. The van der Waals surface area contributed by atoms with Crippen molar-refractivity contribution in [2.45, 2.75) is 57.7 Å². The Balaban J connectivity index is 1.16. The molecule has 10 nitrogen and oxygen atoms in total. The summed E-state index contributed by atoms with van der Waals surface area (Å²) in [5.41, 5.74) is 2.04. The van der Waals surface area contributed by atoms with Crippen molar-refractivity contribution in [2.75, 3.05) is 31.6 Å². The van der Waals surface area contributed by atoms with Gasteiger partial charge in [-0.1, -0.05) is 24.3 Å². The highest BCUT2D eigenvalue weighted by Crippen LogP contribution is 2.38. The molecule has 3 aromatic rings. The molecule has 2 saturated heterocycles. The fraction of sp³-hybridized carbons (Fsp3) is 0.452. The second kappa shape index (κ2) is 10.7. The highest BCUT2D eigenvalue weighted by Gasteiger charge is 2.45. The van der Waals surface area contributed by atoms with Crippen LogP contribution < -0.4 is 4.90 Å². The van der Waals surface area contributed by atoms with Gasteiger partial charge in [-0.2, -0.15) is 0 Å². The molecule has 0 radical (unpaired) electrons.